The summed E-state index contributed by atoms with van der Waals surface area (Å²) in [4.78, 5) is 7.29. The quantitative estimate of drug-likeness (QED) is 0.563. The highest BCUT2D eigenvalue weighted by atomic mass is 35.5. The van der Waals surface area contributed by atoms with E-state index in [4.69, 9.17) is 16.6 Å². The van der Waals surface area contributed by atoms with Crippen molar-refractivity contribution in [1.82, 2.24) is 9.88 Å². The number of fused-ring (bicyclic) bond motifs is 4. The second-order valence-corrected chi connectivity index (χ2v) is 9.03. The van der Waals surface area contributed by atoms with E-state index in [2.05, 4.69) is 29.7 Å². The molecular formula is C26H27ClN2O. The maximum Gasteiger partial charge on any atom is 0.0966 e. The van der Waals surface area contributed by atoms with Crippen LogP contribution in [0.5, 0.6) is 0 Å². The predicted octanol–water partition coefficient (Wildman–Crippen LogP) is 5.41. The fourth-order valence-electron chi connectivity index (χ4n) is 5.36. The molecule has 2 bridgehead atoms. The maximum atomic E-state index is 11.6. The molecule has 154 valence electrons. The molecule has 0 amide bonds. The molecule has 0 saturated carbocycles. The Labute approximate surface area is 183 Å². The number of aliphatic hydroxyl groups is 1. The van der Waals surface area contributed by atoms with E-state index in [0.717, 1.165) is 47.2 Å². The van der Waals surface area contributed by atoms with Gasteiger partial charge in [-0.1, -0.05) is 66.2 Å². The standard InChI is InChI=1S/C26H27ClN2O/c1-2-18-16-29-13-12-19(18)15-23(29)26(30)24-20-10-6-7-11-21(20)28-22(25(24)27)14-17-8-4-3-5-9-17/h2-11,18-19,23,26,30H,1,12-16H2/t18-,19+,23+,26+/m1/s1. The van der Waals surface area contributed by atoms with Gasteiger partial charge in [0.25, 0.3) is 0 Å². The summed E-state index contributed by atoms with van der Waals surface area (Å²) in [5.41, 5.74) is 3.72. The summed E-state index contributed by atoms with van der Waals surface area (Å²) in [6.45, 7) is 6.03. The van der Waals surface area contributed by atoms with Crippen molar-refractivity contribution < 1.29 is 5.11 Å². The Kier molecular flexibility index (Phi) is 5.36. The first kappa shape index (κ1) is 19.7. The van der Waals surface area contributed by atoms with Gasteiger partial charge >= 0.3 is 0 Å². The second-order valence-electron chi connectivity index (χ2n) is 8.66. The molecule has 5 atom stereocenters. The lowest BCUT2D eigenvalue weighted by Gasteiger charge is -2.50. The van der Waals surface area contributed by atoms with Crippen molar-refractivity contribution in [3.05, 3.63) is 89.1 Å². The summed E-state index contributed by atoms with van der Waals surface area (Å²) in [5, 5.41) is 13.2. The van der Waals surface area contributed by atoms with E-state index in [1.807, 2.05) is 42.5 Å². The van der Waals surface area contributed by atoms with Crippen LogP contribution in [-0.2, 0) is 6.42 Å². The third-order valence-corrected chi connectivity index (χ3v) is 7.39. The van der Waals surface area contributed by atoms with Crippen molar-refractivity contribution in [3.63, 3.8) is 0 Å². The number of aromatic nitrogens is 1. The van der Waals surface area contributed by atoms with Crippen LogP contribution < -0.4 is 0 Å². The van der Waals surface area contributed by atoms with Gasteiger partial charge < -0.3 is 5.11 Å². The number of halogens is 1. The number of para-hydroxylation sites is 1. The van der Waals surface area contributed by atoms with Gasteiger partial charge in [-0.3, -0.25) is 9.88 Å². The summed E-state index contributed by atoms with van der Waals surface area (Å²) in [5.74, 6) is 1.13. The number of hydrogen-bond donors (Lipinski definition) is 1. The summed E-state index contributed by atoms with van der Waals surface area (Å²) >= 11 is 6.95. The fraction of sp³-hybridized carbons (Fsp3) is 0.346. The first-order valence-corrected chi connectivity index (χ1v) is 11.2. The minimum Gasteiger partial charge on any atom is -0.387 e. The zero-order valence-electron chi connectivity index (χ0n) is 17.0. The zero-order chi connectivity index (χ0) is 20.7. The monoisotopic (exact) mass is 418 g/mol. The first-order valence-electron chi connectivity index (χ1n) is 10.8. The first-order chi connectivity index (χ1) is 14.7. The number of hydrogen-bond acceptors (Lipinski definition) is 3. The molecule has 1 unspecified atom stereocenters. The molecule has 0 aliphatic carbocycles. The Hall–Kier alpha value is -2.20. The molecule has 1 aromatic heterocycles. The molecule has 6 rings (SSSR count). The summed E-state index contributed by atoms with van der Waals surface area (Å²) < 4.78 is 0. The van der Waals surface area contributed by atoms with Gasteiger partial charge in [-0.15, -0.1) is 6.58 Å². The molecule has 3 aliphatic heterocycles. The summed E-state index contributed by atoms with van der Waals surface area (Å²) in [7, 11) is 0. The average molecular weight is 419 g/mol. The van der Waals surface area contributed by atoms with E-state index in [9.17, 15) is 5.11 Å². The maximum absolute atomic E-state index is 11.6. The average Bonchev–Trinajstić information content (AvgIpc) is 2.80. The van der Waals surface area contributed by atoms with E-state index in [-0.39, 0.29) is 6.04 Å². The molecule has 1 N–H and O–H groups in total. The van der Waals surface area contributed by atoms with Crippen molar-refractivity contribution in [3.8, 4) is 0 Å². The van der Waals surface area contributed by atoms with Crippen LogP contribution in [0.4, 0.5) is 0 Å². The van der Waals surface area contributed by atoms with Crippen LogP contribution in [0.15, 0.2) is 67.3 Å². The lowest BCUT2D eigenvalue weighted by Crippen LogP contribution is -2.54. The molecule has 3 saturated heterocycles. The Morgan fingerprint density at radius 2 is 1.93 bits per heavy atom. The molecule has 4 heteroatoms. The fourth-order valence-corrected chi connectivity index (χ4v) is 5.68. The Morgan fingerprint density at radius 1 is 1.17 bits per heavy atom. The highest BCUT2D eigenvalue weighted by Crippen LogP contribution is 2.44. The highest BCUT2D eigenvalue weighted by Gasteiger charge is 2.43. The van der Waals surface area contributed by atoms with Crippen molar-refractivity contribution in [2.75, 3.05) is 13.1 Å². The van der Waals surface area contributed by atoms with Crippen LogP contribution in [0.2, 0.25) is 5.02 Å². The minimum absolute atomic E-state index is 0.0906. The van der Waals surface area contributed by atoms with E-state index in [1.54, 1.807) is 0 Å². The number of aliphatic hydroxyl groups excluding tert-OH is 1. The minimum atomic E-state index is -0.631. The highest BCUT2D eigenvalue weighted by molar-refractivity contribution is 6.33. The van der Waals surface area contributed by atoms with Crippen LogP contribution in [0.3, 0.4) is 0 Å². The van der Waals surface area contributed by atoms with Crippen LogP contribution in [0.1, 0.15) is 35.8 Å². The molecule has 0 spiro atoms. The number of benzene rings is 2. The molecule has 4 heterocycles. The van der Waals surface area contributed by atoms with Gasteiger partial charge in [0.1, 0.15) is 0 Å². The third-order valence-electron chi connectivity index (χ3n) is 6.97. The Morgan fingerprint density at radius 3 is 2.67 bits per heavy atom. The van der Waals surface area contributed by atoms with E-state index < -0.39 is 6.10 Å². The molecular weight excluding hydrogens is 392 g/mol. The largest absolute Gasteiger partial charge is 0.387 e. The van der Waals surface area contributed by atoms with E-state index in [0.29, 0.717) is 23.3 Å². The Balaban J connectivity index is 1.56. The number of nitrogens with zero attached hydrogens (tertiary/aromatic N) is 2. The Bertz CT molecular complexity index is 1070. The lowest BCUT2D eigenvalue weighted by molar-refractivity contribution is -0.0444. The van der Waals surface area contributed by atoms with Gasteiger partial charge in [0, 0.05) is 30.0 Å². The summed E-state index contributed by atoms with van der Waals surface area (Å²) in [6.07, 6.45) is 4.28. The number of pyridine rings is 1. The van der Waals surface area contributed by atoms with E-state index >= 15 is 0 Å². The van der Waals surface area contributed by atoms with Crippen molar-refractivity contribution in [1.29, 1.82) is 0 Å². The molecule has 30 heavy (non-hydrogen) atoms. The molecule has 3 nitrogen and oxygen atoms in total. The molecule has 2 aromatic carbocycles. The third kappa shape index (κ3) is 3.45. The van der Waals surface area contributed by atoms with E-state index in [1.165, 1.54) is 6.42 Å². The zero-order valence-corrected chi connectivity index (χ0v) is 17.8. The predicted molar refractivity (Wildman–Crippen MR) is 123 cm³/mol. The van der Waals surface area contributed by atoms with Crippen LogP contribution in [0, 0.1) is 11.8 Å². The van der Waals surface area contributed by atoms with Crippen molar-refractivity contribution in [2.45, 2.75) is 31.4 Å². The van der Waals surface area contributed by atoms with Crippen LogP contribution in [-0.4, -0.2) is 34.1 Å². The smallest absolute Gasteiger partial charge is 0.0966 e. The van der Waals surface area contributed by atoms with Gasteiger partial charge in [0.05, 0.1) is 22.3 Å². The molecule has 3 aromatic rings. The normalized spacial score (nSPS) is 26.6. The number of rotatable bonds is 5. The molecule has 3 aliphatic rings. The van der Waals surface area contributed by atoms with Gasteiger partial charge in [-0.2, -0.15) is 0 Å². The second kappa shape index (κ2) is 8.14. The van der Waals surface area contributed by atoms with Gasteiger partial charge in [0.15, 0.2) is 0 Å². The van der Waals surface area contributed by atoms with Crippen LogP contribution in [0.25, 0.3) is 10.9 Å². The van der Waals surface area contributed by atoms with Crippen LogP contribution >= 0.6 is 11.6 Å². The van der Waals surface area contributed by atoms with Crippen molar-refractivity contribution >= 4 is 22.5 Å². The molecule has 0 radical (unpaired) electrons. The topological polar surface area (TPSA) is 36.4 Å². The molecule has 3 fully saturated rings. The van der Waals surface area contributed by atoms with Gasteiger partial charge in [0.2, 0.25) is 0 Å². The van der Waals surface area contributed by atoms with Crippen molar-refractivity contribution in [2.24, 2.45) is 11.8 Å². The SMILES string of the molecule is C=C[C@@H]1CN2CC[C@H]1C[C@H]2[C@H](O)c1c(Cl)c(Cc2ccccc2)nc2ccccc12. The summed E-state index contributed by atoms with van der Waals surface area (Å²) in [6, 6.07) is 18.4. The lowest BCUT2D eigenvalue weighted by atomic mass is 9.73. The van der Waals surface area contributed by atoms with Gasteiger partial charge in [-0.25, -0.2) is 0 Å². The number of piperidine rings is 3. The van der Waals surface area contributed by atoms with Gasteiger partial charge in [-0.05, 0) is 42.9 Å².